The van der Waals surface area contributed by atoms with Gasteiger partial charge in [-0.15, -0.1) is 47.2 Å². The maximum absolute atomic E-state index is 7.50. The molecule has 18 heavy (non-hydrogen) atoms. The van der Waals surface area contributed by atoms with E-state index in [9.17, 15) is 0 Å². The number of hydrogen-bond donors (Lipinski definition) is 0. The van der Waals surface area contributed by atoms with Gasteiger partial charge < -0.3 is 0 Å². The molecule has 5 heteroatoms. The van der Waals surface area contributed by atoms with Gasteiger partial charge in [-0.1, -0.05) is 12.1 Å². The fraction of sp³-hybridized carbons (Fsp3) is 0. The van der Waals surface area contributed by atoms with E-state index in [2.05, 4.69) is 44.2 Å². The topological polar surface area (TPSA) is 59.7 Å². The molecule has 0 bridgehead atoms. The quantitative estimate of drug-likeness (QED) is 0.353. The zero-order valence-electron chi connectivity index (χ0n) is 9.67. The normalized spacial score (nSPS) is 5.89. The summed E-state index contributed by atoms with van der Waals surface area (Å²) in [5, 5.41) is 2.44. The van der Waals surface area contributed by atoms with Gasteiger partial charge in [0.2, 0.25) is 0 Å². The Hall–Kier alpha value is -0.950. The van der Waals surface area contributed by atoms with Gasteiger partial charge in [0.15, 0.2) is 0 Å². The fourth-order valence-electron chi connectivity index (χ4n) is 1.06. The molecule has 0 fully saturated rings. The summed E-state index contributed by atoms with van der Waals surface area (Å²) in [5.41, 5.74) is 0. The molecule has 2 aromatic carbocycles. The molecule has 0 aromatic heterocycles. The van der Waals surface area contributed by atoms with Crippen LogP contribution in [0.5, 0.6) is 0 Å². The molecule has 3 nitrogen and oxygen atoms in total. The van der Waals surface area contributed by atoms with Crippen molar-refractivity contribution in [3.8, 4) is 0 Å². The molecule has 2 aromatic rings. The molecule has 0 aliphatic rings. The van der Waals surface area contributed by atoms with Crippen LogP contribution < -0.4 is 18.9 Å². The second-order valence-electron chi connectivity index (χ2n) is 2.26. The van der Waals surface area contributed by atoms with Crippen molar-refractivity contribution in [3.05, 3.63) is 68.5 Å². The zero-order valence-corrected chi connectivity index (χ0v) is 10.9. The van der Waals surface area contributed by atoms with Gasteiger partial charge in [-0.25, -0.2) is 0 Å². The van der Waals surface area contributed by atoms with Crippen LogP contribution in [-0.2, 0) is 31.3 Å². The molecule has 0 aliphatic heterocycles. The number of benzene rings is 2. The van der Waals surface area contributed by atoms with Crippen molar-refractivity contribution < 1.29 is 50.2 Å². The molecule has 0 amide bonds. The first kappa shape index (κ1) is 25.8. The van der Waals surface area contributed by atoms with Gasteiger partial charge in [0.05, 0.1) is 0 Å². The third-order valence-corrected chi connectivity index (χ3v) is 1.57. The Morgan fingerprint density at radius 2 is 1.22 bits per heavy atom. The van der Waals surface area contributed by atoms with Gasteiger partial charge in [-0.05, 0) is 0 Å². The summed E-state index contributed by atoms with van der Waals surface area (Å²) >= 11 is 0. The monoisotopic (exact) mass is 270 g/mol. The minimum atomic E-state index is 0. The van der Waals surface area contributed by atoms with Crippen LogP contribution in [0.4, 0.5) is 0 Å². The van der Waals surface area contributed by atoms with Gasteiger partial charge >= 0.3 is 52.8 Å². The summed E-state index contributed by atoms with van der Waals surface area (Å²) in [4.78, 5) is 0. The van der Waals surface area contributed by atoms with Crippen molar-refractivity contribution in [2.45, 2.75) is 0 Å². The molecule has 0 heterocycles. The van der Waals surface area contributed by atoms with Crippen LogP contribution in [0.2, 0.25) is 0 Å². The third-order valence-electron chi connectivity index (χ3n) is 1.57. The summed E-state index contributed by atoms with van der Waals surface area (Å²) in [6, 6.07) is 17.4. The predicted molar refractivity (Wildman–Crippen MR) is 54.6 cm³/mol. The molecular formula is C13H7CrLiO3. The van der Waals surface area contributed by atoms with E-state index in [-0.39, 0.29) is 36.2 Å². The van der Waals surface area contributed by atoms with Crippen LogP contribution in [0, 0.1) is 26.0 Å². The van der Waals surface area contributed by atoms with E-state index in [0.29, 0.717) is 0 Å². The molecule has 0 radical (unpaired) electrons. The van der Waals surface area contributed by atoms with Crippen LogP contribution in [0.25, 0.3) is 10.8 Å². The molecule has 2 rings (SSSR count). The SMILES string of the molecule is [C-]#[O+].[C-]#[O+].[C-]#[O+].[Cr].[Li+].[c-]1cccc2ccccc12. The first-order valence-electron chi connectivity index (χ1n) is 3.93. The second kappa shape index (κ2) is 21.3. The number of hydrogen-bond acceptors (Lipinski definition) is 0. The molecule has 0 atom stereocenters. The fourth-order valence-corrected chi connectivity index (χ4v) is 1.06. The smallest absolute Gasteiger partial charge is 0.147 e. The minimum absolute atomic E-state index is 0. The predicted octanol–water partition coefficient (Wildman–Crippen LogP) is -0.471. The average Bonchev–Trinajstić information content (AvgIpc) is 2.45. The Morgan fingerprint density at radius 1 is 0.778 bits per heavy atom. The second-order valence-corrected chi connectivity index (χ2v) is 2.26. The van der Waals surface area contributed by atoms with E-state index < -0.39 is 0 Å². The van der Waals surface area contributed by atoms with Crippen LogP contribution in [0.15, 0.2) is 42.5 Å². The van der Waals surface area contributed by atoms with Crippen molar-refractivity contribution in [2.75, 3.05) is 0 Å². The largest absolute Gasteiger partial charge is 1.00 e. The summed E-state index contributed by atoms with van der Waals surface area (Å²) < 4.78 is 22.5. The first-order chi connectivity index (χ1) is 7.97. The van der Waals surface area contributed by atoms with Gasteiger partial charge in [0, 0.05) is 17.4 Å². The van der Waals surface area contributed by atoms with Crippen molar-refractivity contribution in [1.82, 2.24) is 0 Å². The first-order valence-corrected chi connectivity index (χ1v) is 3.93. The van der Waals surface area contributed by atoms with E-state index in [1.807, 2.05) is 24.3 Å². The van der Waals surface area contributed by atoms with Gasteiger partial charge in [0.1, 0.15) is 0 Å². The summed E-state index contributed by atoms with van der Waals surface area (Å²) in [6.45, 7) is 13.5. The average molecular weight is 270 g/mol. The Morgan fingerprint density at radius 3 is 1.72 bits per heavy atom. The van der Waals surface area contributed by atoms with Crippen LogP contribution >= 0.6 is 0 Å². The summed E-state index contributed by atoms with van der Waals surface area (Å²) in [5.74, 6) is 0. The van der Waals surface area contributed by atoms with Crippen molar-refractivity contribution >= 4 is 10.8 Å². The molecule has 0 unspecified atom stereocenters. The van der Waals surface area contributed by atoms with E-state index in [0.717, 1.165) is 0 Å². The van der Waals surface area contributed by atoms with Crippen molar-refractivity contribution in [2.24, 2.45) is 0 Å². The van der Waals surface area contributed by atoms with Gasteiger partial charge in [0.25, 0.3) is 0 Å². The molecule has 0 aliphatic carbocycles. The molecule has 0 spiro atoms. The summed E-state index contributed by atoms with van der Waals surface area (Å²) in [6.07, 6.45) is 0. The van der Waals surface area contributed by atoms with Crippen molar-refractivity contribution in [3.63, 3.8) is 0 Å². The zero-order chi connectivity index (χ0) is 12.8. The minimum Gasteiger partial charge on any atom is -0.147 e. The maximum atomic E-state index is 7.50. The van der Waals surface area contributed by atoms with Gasteiger partial charge in [-0.3, -0.25) is 0 Å². The Bertz CT molecular complexity index is 386. The standard InChI is InChI=1S/C10H7.3CO.Cr.Li/c1-2-6-10-8-4-3-7-9(10)5-1;3*1-2;;/h1-7H;;;;;/q-1;;;;;+1. The van der Waals surface area contributed by atoms with Crippen LogP contribution in [0.1, 0.15) is 0 Å². The molecular weight excluding hydrogens is 263 g/mol. The molecule has 84 valence electrons. The Kier molecular flexibility index (Phi) is 30.6. The van der Waals surface area contributed by atoms with E-state index in [1.165, 1.54) is 10.8 Å². The van der Waals surface area contributed by atoms with E-state index >= 15 is 0 Å². The van der Waals surface area contributed by atoms with Crippen LogP contribution in [0.3, 0.4) is 0 Å². The molecule has 0 saturated heterocycles. The van der Waals surface area contributed by atoms with Crippen molar-refractivity contribution in [1.29, 1.82) is 0 Å². The molecule has 0 saturated carbocycles. The number of rotatable bonds is 0. The maximum Gasteiger partial charge on any atom is 1.00 e. The third kappa shape index (κ3) is 10.2. The Labute approximate surface area is 129 Å². The summed E-state index contributed by atoms with van der Waals surface area (Å²) in [7, 11) is 0. The van der Waals surface area contributed by atoms with Crippen LogP contribution in [-0.4, -0.2) is 0 Å². The Balaban J connectivity index is -0.000000109. The number of fused-ring (bicyclic) bond motifs is 1. The molecule has 0 N–H and O–H groups in total. The van der Waals surface area contributed by atoms with E-state index in [4.69, 9.17) is 14.0 Å². The van der Waals surface area contributed by atoms with E-state index in [1.54, 1.807) is 0 Å². The van der Waals surface area contributed by atoms with Gasteiger partial charge in [-0.2, -0.15) is 0 Å².